The van der Waals surface area contributed by atoms with Gasteiger partial charge in [0.25, 0.3) is 0 Å². The maximum absolute atomic E-state index is 12.6. The number of carbonyl (C=O) groups excluding carboxylic acids is 2. The molecule has 54 heavy (non-hydrogen) atoms. The summed E-state index contributed by atoms with van der Waals surface area (Å²) in [5.74, 6) is -0.821. The molecular weight excluding hydrogens is 701 g/mol. The number of hydrogen-bond acceptors (Lipinski definition) is 8. The van der Waals surface area contributed by atoms with Gasteiger partial charge in [0.2, 0.25) is 0 Å². The van der Waals surface area contributed by atoms with Crippen LogP contribution in [0, 0.1) is 0 Å². The van der Waals surface area contributed by atoms with E-state index in [1.54, 1.807) is 0 Å². The molecule has 320 valence electrons. The average molecular weight is 788 g/mol. The molecule has 0 fully saturated rings. The van der Waals surface area contributed by atoms with Crippen LogP contribution in [0.4, 0.5) is 0 Å². The van der Waals surface area contributed by atoms with Gasteiger partial charge in [-0.05, 0) is 38.5 Å². The second-order valence-electron chi connectivity index (χ2n) is 15.3. The first kappa shape index (κ1) is 52.8. The summed E-state index contributed by atoms with van der Waals surface area (Å²) in [5.41, 5.74) is 5.35. The number of ether oxygens (including phenoxy) is 2. The molecule has 0 amide bonds. The Balaban J connectivity index is 4.10. The van der Waals surface area contributed by atoms with E-state index in [0.29, 0.717) is 6.42 Å². The number of phosphoric ester groups is 1. The van der Waals surface area contributed by atoms with Gasteiger partial charge in [0.1, 0.15) is 6.61 Å². The summed E-state index contributed by atoms with van der Waals surface area (Å²) in [6.07, 6.45) is 42.4. The fraction of sp³-hybridized carbons (Fsp3) is 0.909. The Bertz CT molecular complexity index is 902. The SMILES string of the molecule is CCCCCCCC/C=C/CCCCCCCCCC(=O)O[C@H](COC(=O)CCCCCCCCCCCCCCCCCC)COP(=O)(O)OCCN. The van der Waals surface area contributed by atoms with Gasteiger partial charge in [0, 0.05) is 19.4 Å². The minimum atomic E-state index is -4.37. The third kappa shape index (κ3) is 40.4. The lowest BCUT2D eigenvalue weighted by molar-refractivity contribution is -0.161. The third-order valence-corrected chi connectivity index (χ3v) is 10.9. The molecule has 0 bridgehead atoms. The summed E-state index contributed by atoms with van der Waals surface area (Å²) in [5, 5.41) is 0. The highest BCUT2D eigenvalue weighted by molar-refractivity contribution is 7.47. The van der Waals surface area contributed by atoms with E-state index in [1.165, 1.54) is 148 Å². The summed E-state index contributed by atoms with van der Waals surface area (Å²) in [4.78, 5) is 34.9. The number of carbonyl (C=O) groups is 2. The fourth-order valence-electron chi connectivity index (χ4n) is 6.51. The molecule has 3 N–H and O–H groups in total. The van der Waals surface area contributed by atoms with Crippen LogP contribution >= 0.6 is 7.82 Å². The van der Waals surface area contributed by atoms with E-state index in [-0.39, 0.29) is 38.6 Å². The van der Waals surface area contributed by atoms with Crippen LogP contribution in [0.25, 0.3) is 0 Å². The Morgan fingerprint density at radius 1 is 0.537 bits per heavy atom. The molecule has 0 aliphatic carbocycles. The molecule has 0 aromatic heterocycles. The smallest absolute Gasteiger partial charge is 0.462 e. The Morgan fingerprint density at radius 2 is 0.907 bits per heavy atom. The van der Waals surface area contributed by atoms with Gasteiger partial charge in [0.05, 0.1) is 13.2 Å². The van der Waals surface area contributed by atoms with Gasteiger partial charge in [-0.1, -0.05) is 187 Å². The Hall–Kier alpha value is -1.25. The molecule has 0 aliphatic heterocycles. The lowest BCUT2D eigenvalue weighted by atomic mass is 10.0. The molecule has 0 spiro atoms. The van der Waals surface area contributed by atoms with E-state index >= 15 is 0 Å². The summed E-state index contributed by atoms with van der Waals surface area (Å²) >= 11 is 0. The first-order valence-electron chi connectivity index (χ1n) is 22.7. The van der Waals surface area contributed by atoms with Crippen LogP contribution < -0.4 is 5.73 Å². The highest BCUT2D eigenvalue weighted by atomic mass is 31.2. The van der Waals surface area contributed by atoms with Crippen LogP contribution in [0.1, 0.15) is 226 Å². The van der Waals surface area contributed by atoms with Crippen molar-refractivity contribution in [2.45, 2.75) is 232 Å². The summed E-state index contributed by atoms with van der Waals surface area (Å²) in [6.45, 7) is 3.76. The van der Waals surface area contributed by atoms with E-state index in [2.05, 4.69) is 26.0 Å². The van der Waals surface area contributed by atoms with Gasteiger partial charge in [-0.3, -0.25) is 18.6 Å². The Morgan fingerprint density at radius 3 is 1.31 bits per heavy atom. The molecule has 0 radical (unpaired) electrons. The lowest BCUT2D eigenvalue weighted by Crippen LogP contribution is -2.29. The van der Waals surface area contributed by atoms with E-state index in [0.717, 1.165) is 44.9 Å². The predicted octanol–water partition coefficient (Wildman–Crippen LogP) is 13.0. The minimum absolute atomic E-state index is 0.0556. The second-order valence-corrected chi connectivity index (χ2v) is 16.7. The Kier molecular flexibility index (Phi) is 40.4. The predicted molar refractivity (Wildman–Crippen MR) is 224 cm³/mol. The third-order valence-electron chi connectivity index (χ3n) is 9.90. The highest BCUT2D eigenvalue weighted by Crippen LogP contribution is 2.43. The molecule has 0 saturated carbocycles. The quantitative estimate of drug-likeness (QED) is 0.0268. The van der Waals surface area contributed by atoms with Crippen molar-refractivity contribution < 1.29 is 37.6 Å². The zero-order valence-corrected chi connectivity index (χ0v) is 36.1. The minimum Gasteiger partial charge on any atom is -0.462 e. The van der Waals surface area contributed by atoms with Gasteiger partial charge in [-0.25, -0.2) is 4.57 Å². The number of phosphoric acid groups is 1. The molecule has 0 aromatic carbocycles. The number of hydrogen-bond donors (Lipinski definition) is 2. The number of rotatable bonds is 43. The Labute approximate surface area is 332 Å². The lowest BCUT2D eigenvalue weighted by Gasteiger charge is -2.19. The maximum atomic E-state index is 12.6. The highest BCUT2D eigenvalue weighted by Gasteiger charge is 2.26. The van der Waals surface area contributed by atoms with Crippen LogP contribution in [0.3, 0.4) is 0 Å². The molecule has 0 saturated heterocycles. The molecule has 0 heterocycles. The van der Waals surface area contributed by atoms with Crippen molar-refractivity contribution in [2.24, 2.45) is 5.73 Å². The second kappa shape index (κ2) is 41.4. The summed E-state index contributed by atoms with van der Waals surface area (Å²) < 4.78 is 32.8. The van der Waals surface area contributed by atoms with Gasteiger partial charge >= 0.3 is 19.8 Å². The molecule has 2 atom stereocenters. The first-order chi connectivity index (χ1) is 26.3. The average Bonchev–Trinajstić information content (AvgIpc) is 3.16. The van der Waals surface area contributed by atoms with Crippen LogP contribution in [-0.4, -0.2) is 49.3 Å². The van der Waals surface area contributed by atoms with Crippen molar-refractivity contribution in [2.75, 3.05) is 26.4 Å². The molecule has 0 aromatic rings. The van der Waals surface area contributed by atoms with Gasteiger partial charge in [-0.2, -0.15) is 0 Å². The van der Waals surface area contributed by atoms with Crippen LogP contribution in [0.2, 0.25) is 0 Å². The molecule has 0 rings (SSSR count). The van der Waals surface area contributed by atoms with Crippen molar-refractivity contribution >= 4 is 19.8 Å². The van der Waals surface area contributed by atoms with Gasteiger partial charge in [0.15, 0.2) is 6.10 Å². The van der Waals surface area contributed by atoms with Crippen LogP contribution in [0.5, 0.6) is 0 Å². The zero-order chi connectivity index (χ0) is 39.6. The molecule has 10 heteroatoms. The van der Waals surface area contributed by atoms with E-state index in [4.69, 9.17) is 24.3 Å². The van der Waals surface area contributed by atoms with E-state index in [1.807, 2.05) is 0 Å². The molecular formula is C44H86NO8P. The monoisotopic (exact) mass is 788 g/mol. The largest absolute Gasteiger partial charge is 0.472 e. The molecule has 9 nitrogen and oxygen atoms in total. The number of esters is 2. The standard InChI is InChI=1S/C44H86NO8P/c1-3-5-7-9-11-13-15-17-19-21-23-25-27-29-31-33-35-37-44(47)53-42(41-52-54(48,49)51-39-38-45)40-50-43(46)36-34-32-30-28-26-24-22-20-18-16-14-12-10-8-6-4-2/h17,19,42H,3-16,18,20-41,45H2,1-2H3,(H,48,49)/b19-17+/t42-/m1/s1. The summed E-state index contributed by atoms with van der Waals surface area (Å²) in [6, 6.07) is 0. The van der Waals surface area contributed by atoms with Crippen molar-refractivity contribution in [1.82, 2.24) is 0 Å². The normalized spacial score (nSPS) is 13.3. The van der Waals surface area contributed by atoms with Crippen molar-refractivity contribution in [3.63, 3.8) is 0 Å². The number of nitrogens with two attached hydrogens (primary N) is 1. The zero-order valence-electron chi connectivity index (χ0n) is 35.2. The topological polar surface area (TPSA) is 134 Å². The van der Waals surface area contributed by atoms with Gasteiger partial charge in [-0.15, -0.1) is 0 Å². The van der Waals surface area contributed by atoms with Crippen molar-refractivity contribution in [3.05, 3.63) is 12.2 Å². The van der Waals surface area contributed by atoms with Crippen molar-refractivity contribution in [1.29, 1.82) is 0 Å². The molecule has 0 aliphatic rings. The van der Waals surface area contributed by atoms with Crippen molar-refractivity contribution in [3.8, 4) is 0 Å². The van der Waals surface area contributed by atoms with Crippen LogP contribution in [-0.2, 0) is 32.7 Å². The molecule has 1 unspecified atom stereocenters. The number of unbranched alkanes of at least 4 members (excludes halogenated alkanes) is 28. The summed E-state index contributed by atoms with van der Waals surface area (Å²) in [7, 11) is -4.37. The maximum Gasteiger partial charge on any atom is 0.472 e. The van der Waals surface area contributed by atoms with E-state index < -0.39 is 26.5 Å². The van der Waals surface area contributed by atoms with Crippen LogP contribution in [0.15, 0.2) is 12.2 Å². The number of allylic oxidation sites excluding steroid dienone is 2. The van der Waals surface area contributed by atoms with Gasteiger partial charge < -0.3 is 20.1 Å². The first-order valence-corrected chi connectivity index (χ1v) is 24.2. The fourth-order valence-corrected chi connectivity index (χ4v) is 7.28. The van der Waals surface area contributed by atoms with E-state index in [9.17, 15) is 19.0 Å².